The summed E-state index contributed by atoms with van der Waals surface area (Å²) in [6, 6.07) is 18.6. The van der Waals surface area contributed by atoms with Crippen molar-refractivity contribution in [3.8, 4) is 5.75 Å². The maximum atomic E-state index is 13.0. The van der Waals surface area contributed by atoms with E-state index in [1.54, 1.807) is 19.2 Å². The van der Waals surface area contributed by atoms with Gasteiger partial charge in [-0.25, -0.2) is 8.42 Å². The monoisotopic (exact) mass is 568 g/mol. The van der Waals surface area contributed by atoms with E-state index in [2.05, 4.69) is 4.90 Å². The fourth-order valence-corrected chi connectivity index (χ4v) is 5.79. The molecule has 38 heavy (non-hydrogen) atoms. The Kier molecular flexibility index (Phi) is 9.00. The van der Waals surface area contributed by atoms with Crippen molar-refractivity contribution in [2.45, 2.75) is 23.8 Å². The van der Waals surface area contributed by atoms with Crippen molar-refractivity contribution in [2.24, 2.45) is 0 Å². The van der Waals surface area contributed by atoms with Crippen LogP contribution in [-0.4, -0.2) is 57.5 Å². The molecule has 0 amide bonds. The van der Waals surface area contributed by atoms with Crippen LogP contribution in [0, 0.1) is 0 Å². The van der Waals surface area contributed by atoms with Crippen LogP contribution in [0.3, 0.4) is 0 Å². The highest BCUT2D eigenvalue weighted by atomic mass is 35.5. The number of nitrogens with zero attached hydrogens (tertiary/aromatic N) is 2. The standard InChI is InChI=1S/C27H28ClF3N2O4S/c1-36-24-4-2-3-20(17-24)19-37-26(21-5-9-23(28)10-6-21)18-32-13-15-33(16-14-32)38(34,35)25-11-7-22(8-12-25)27(29,30)31/h2-12,17,26H,13-16,18-19H2,1H3/t26-/m1/s1. The van der Waals surface area contributed by atoms with Gasteiger partial charge in [-0.1, -0.05) is 35.9 Å². The fraction of sp³-hybridized carbons (Fsp3) is 0.333. The second kappa shape index (κ2) is 12.0. The molecule has 0 saturated carbocycles. The SMILES string of the molecule is COc1cccc(CO[C@H](CN2CCN(S(=O)(=O)c3ccc(C(F)(F)F)cc3)CC2)c2ccc(Cl)cc2)c1. The van der Waals surface area contributed by atoms with E-state index in [4.69, 9.17) is 21.1 Å². The van der Waals surface area contributed by atoms with Gasteiger partial charge < -0.3 is 9.47 Å². The topological polar surface area (TPSA) is 59.1 Å². The third kappa shape index (κ3) is 7.06. The van der Waals surface area contributed by atoms with E-state index in [1.165, 1.54) is 4.31 Å². The largest absolute Gasteiger partial charge is 0.497 e. The lowest BCUT2D eigenvalue weighted by Gasteiger charge is -2.36. The second-order valence-corrected chi connectivity index (χ2v) is 11.3. The van der Waals surface area contributed by atoms with Crippen LogP contribution in [0.4, 0.5) is 13.2 Å². The van der Waals surface area contributed by atoms with Gasteiger partial charge in [0.25, 0.3) is 0 Å². The summed E-state index contributed by atoms with van der Waals surface area (Å²) in [5, 5.41) is 0.613. The Bertz CT molecular complexity index is 1310. The Labute approximate surface area is 225 Å². The third-order valence-corrected chi connectivity index (χ3v) is 8.57. The fourth-order valence-electron chi connectivity index (χ4n) is 4.24. The van der Waals surface area contributed by atoms with Crippen molar-refractivity contribution in [1.82, 2.24) is 9.21 Å². The summed E-state index contributed by atoms with van der Waals surface area (Å²) in [4.78, 5) is 1.96. The zero-order chi connectivity index (χ0) is 27.3. The number of hydrogen-bond acceptors (Lipinski definition) is 5. The van der Waals surface area contributed by atoms with Gasteiger partial charge in [-0.05, 0) is 59.7 Å². The Hall–Kier alpha value is -2.63. The van der Waals surface area contributed by atoms with Gasteiger partial charge in [0.1, 0.15) is 5.75 Å². The number of sulfonamides is 1. The molecule has 4 rings (SSSR count). The molecule has 1 atom stereocenters. The molecule has 0 bridgehead atoms. The van der Waals surface area contributed by atoms with Gasteiger partial charge in [0.15, 0.2) is 0 Å². The van der Waals surface area contributed by atoms with Crippen LogP contribution in [0.25, 0.3) is 0 Å². The molecule has 0 radical (unpaired) electrons. The lowest BCUT2D eigenvalue weighted by atomic mass is 10.1. The minimum absolute atomic E-state index is 0.153. The molecule has 11 heteroatoms. The van der Waals surface area contributed by atoms with Crippen LogP contribution in [0.1, 0.15) is 22.8 Å². The molecule has 3 aromatic carbocycles. The molecular formula is C27H28ClF3N2O4S. The van der Waals surface area contributed by atoms with E-state index in [1.807, 2.05) is 36.4 Å². The molecule has 1 saturated heterocycles. The van der Waals surface area contributed by atoms with Crippen LogP contribution in [-0.2, 0) is 27.5 Å². The summed E-state index contributed by atoms with van der Waals surface area (Å²) >= 11 is 6.07. The molecule has 3 aromatic rings. The van der Waals surface area contributed by atoms with Crippen molar-refractivity contribution in [3.05, 3.63) is 94.5 Å². The zero-order valence-corrected chi connectivity index (χ0v) is 22.3. The molecule has 1 fully saturated rings. The maximum Gasteiger partial charge on any atom is 0.416 e. The number of ether oxygens (including phenoxy) is 2. The normalized spacial score (nSPS) is 16.3. The average Bonchev–Trinajstić information content (AvgIpc) is 2.91. The number of alkyl halides is 3. The summed E-state index contributed by atoms with van der Waals surface area (Å²) < 4.78 is 77.5. The Morgan fingerprint density at radius 1 is 0.947 bits per heavy atom. The first-order chi connectivity index (χ1) is 18.1. The van der Waals surface area contributed by atoms with Crippen LogP contribution in [0.15, 0.2) is 77.7 Å². The lowest BCUT2D eigenvalue weighted by Crippen LogP contribution is -2.49. The quantitative estimate of drug-likeness (QED) is 0.335. The van der Waals surface area contributed by atoms with Gasteiger partial charge in [0.05, 0.1) is 30.3 Å². The molecule has 1 aliphatic heterocycles. The second-order valence-electron chi connectivity index (χ2n) is 8.93. The zero-order valence-electron chi connectivity index (χ0n) is 20.7. The third-order valence-electron chi connectivity index (χ3n) is 6.40. The summed E-state index contributed by atoms with van der Waals surface area (Å²) in [5.41, 5.74) is 1.01. The number of hydrogen-bond donors (Lipinski definition) is 0. The van der Waals surface area contributed by atoms with Gasteiger partial charge in [0, 0.05) is 37.7 Å². The van der Waals surface area contributed by atoms with Crippen molar-refractivity contribution in [2.75, 3.05) is 39.8 Å². The Morgan fingerprint density at radius 2 is 1.61 bits per heavy atom. The van der Waals surface area contributed by atoms with Crippen molar-refractivity contribution in [1.29, 1.82) is 0 Å². The highest BCUT2D eigenvalue weighted by molar-refractivity contribution is 7.89. The maximum absolute atomic E-state index is 13.0. The molecule has 6 nitrogen and oxygen atoms in total. The van der Waals surface area contributed by atoms with Crippen molar-refractivity contribution < 1.29 is 31.1 Å². The van der Waals surface area contributed by atoms with Crippen LogP contribution >= 0.6 is 11.6 Å². The summed E-state index contributed by atoms with van der Waals surface area (Å²) in [6.45, 7) is 2.21. The van der Waals surface area contributed by atoms with E-state index < -0.39 is 21.8 Å². The molecule has 0 spiro atoms. The van der Waals surface area contributed by atoms with Crippen LogP contribution in [0.2, 0.25) is 5.02 Å². The Balaban J connectivity index is 1.41. The van der Waals surface area contributed by atoms with E-state index >= 15 is 0 Å². The van der Waals surface area contributed by atoms with Crippen LogP contribution < -0.4 is 4.74 Å². The number of rotatable bonds is 9. The first kappa shape index (κ1) is 28.4. The minimum atomic E-state index is -4.52. The number of methoxy groups -OCH3 is 1. The number of halogens is 4. The Morgan fingerprint density at radius 3 is 2.21 bits per heavy atom. The summed E-state index contributed by atoms with van der Waals surface area (Å²) in [6.07, 6.45) is -4.82. The molecule has 1 aliphatic rings. The summed E-state index contributed by atoms with van der Waals surface area (Å²) in [5.74, 6) is 0.736. The van der Waals surface area contributed by atoms with E-state index in [-0.39, 0.29) is 24.1 Å². The molecule has 0 aromatic heterocycles. The van der Waals surface area contributed by atoms with Gasteiger partial charge in [0.2, 0.25) is 10.0 Å². The summed E-state index contributed by atoms with van der Waals surface area (Å²) in [7, 11) is -2.30. The van der Waals surface area contributed by atoms with E-state index in [9.17, 15) is 21.6 Å². The van der Waals surface area contributed by atoms with E-state index in [0.717, 1.165) is 41.1 Å². The smallest absolute Gasteiger partial charge is 0.416 e. The van der Waals surface area contributed by atoms with E-state index in [0.29, 0.717) is 31.3 Å². The van der Waals surface area contributed by atoms with Crippen molar-refractivity contribution >= 4 is 21.6 Å². The number of benzene rings is 3. The molecule has 0 N–H and O–H groups in total. The highest BCUT2D eigenvalue weighted by Gasteiger charge is 2.33. The highest BCUT2D eigenvalue weighted by Crippen LogP contribution is 2.30. The minimum Gasteiger partial charge on any atom is -0.497 e. The molecular weight excluding hydrogens is 541 g/mol. The first-order valence-electron chi connectivity index (χ1n) is 12.0. The predicted molar refractivity (Wildman–Crippen MR) is 139 cm³/mol. The molecule has 0 unspecified atom stereocenters. The number of piperazine rings is 1. The van der Waals surface area contributed by atoms with Crippen molar-refractivity contribution in [3.63, 3.8) is 0 Å². The average molecular weight is 569 g/mol. The van der Waals surface area contributed by atoms with Gasteiger partial charge >= 0.3 is 6.18 Å². The van der Waals surface area contributed by atoms with Gasteiger partial charge in [-0.15, -0.1) is 0 Å². The molecule has 204 valence electrons. The first-order valence-corrected chi connectivity index (χ1v) is 13.8. The van der Waals surface area contributed by atoms with Crippen LogP contribution in [0.5, 0.6) is 5.75 Å². The van der Waals surface area contributed by atoms with Gasteiger partial charge in [-0.3, -0.25) is 4.90 Å². The van der Waals surface area contributed by atoms with Gasteiger partial charge in [-0.2, -0.15) is 17.5 Å². The lowest BCUT2D eigenvalue weighted by molar-refractivity contribution is -0.137. The predicted octanol–water partition coefficient (Wildman–Crippen LogP) is 5.63. The molecule has 0 aliphatic carbocycles. The molecule has 1 heterocycles.